The summed E-state index contributed by atoms with van der Waals surface area (Å²) in [5.74, 6) is 0.949. The molecule has 0 spiro atoms. The van der Waals surface area contributed by atoms with Crippen molar-refractivity contribution in [1.29, 1.82) is 0 Å². The first-order valence-electron chi connectivity index (χ1n) is 6.43. The lowest BCUT2D eigenvalue weighted by atomic mass is 10.1. The highest BCUT2D eigenvalue weighted by molar-refractivity contribution is 9.10. The third kappa shape index (κ3) is 3.28. The Morgan fingerprint density at radius 1 is 1.58 bits per heavy atom. The van der Waals surface area contributed by atoms with Crippen molar-refractivity contribution < 1.29 is 9.53 Å². The zero-order valence-electron chi connectivity index (χ0n) is 11.3. The predicted octanol–water partition coefficient (Wildman–Crippen LogP) is 2.17. The maximum Gasteiger partial charge on any atom is 0.237 e. The quantitative estimate of drug-likeness (QED) is 0.922. The molecule has 5 heteroatoms. The third-order valence-corrected chi connectivity index (χ3v) is 4.31. The number of hydrogen-bond donors (Lipinski definition) is 1. The normalized spacial score (nSPS) is 19.4. The van der Waals surface area contributed by atoms with E-state index in [2.05, 4.69) is 26.1 Å². The molecule has 4 nitrogen and oxygen atoms in total. The zero-order chi connectivity index (χ0) is 13.8. The molecule has 0 aliphatic carbocycles. The van der Waals surface area contributed by atoms with E-state index < -0.39 is 0 Å². The fourth-order valence-corrected chi connectivity index (χ4v) is 2.87. The number of hydrogen-bond acceptors (Lipinski definition) is 3. The minimum absolute atomic E-state index is 0.0110. The molecule has 19 heavy (non-hydrogen) atoms. The van der Waals surface area contributed by atoms with Gasteiger partial charge in [-0.2, -0.15) is 0 Å². The fraction of sp³-hybridized carbons (Fsp3) is 0.500. The molecular weight excluding hydrogens is 308 g/mol. The molecule has 1 amide bonds. The van der Waals surface area contributed by atoms with Crippen LogP contribution in [0.15, 0.2) is 22.7 Å². The number of ether oxygens (including phenoxy) is 1. The summed E-state index contributed by atoms with van der Waals surface area (Å²) in [7, 11) is 3.36. The zero-order valence-corrected chi connectivity index (χ0v) is 12.9. The van der Waals surface area contributed by atoms with Gasteiger partial charge in [0, 0.05) is 18.1 Å². The SMILES string of the molecule is CNC(=O)C1CCCN1Cc1cc(OC)ccc1Br. The first-order chi connectivity index (χ1) is 9.15. The van der Waals surface area contributed by atoms with Crippen LogP contribution in [0.1, 0.15) is 18.4 Å². The number of halogens is 1. The van der Waals surface area contributed by atoms with Crippen molar-refractivity contribution in [2.75, 3.05) is 20.7 Å². The van der Waals surface area contributed by atoms with E-state index in [4.69, 9.17) is 4.74 Å². The standard InChI is InChI=1S/C14H19BrN2O2/c1-16-14(18)13-4-3-7-17(13)9-10-8-11(19-2)5-6-12(10)15/h5-6,8,13H,3-4,7,9H2,1-2H3,(H,16,18). The van der Waals surface area contributed by atoms with Crippen LogP contribution in [-0.2, 0) is 11.3 Å². The van der Waals surface area contributed by atoms with Crippen LogP contribution in [0.2, 0.25) is 0 Å². The van der Waals surface area contributed by atoms with Crippen LogP contribution in [0.25, 0.3) is 0 Å². The number of carbonyl (C=O) groups is 1. The number of nitrogens with zero attached hydrogens (tertiary/aromatic N) is 1. The lowest BCUT2D eigenvalue weighted by molar-refractivity contribution is -0.125. The molecule has 2 rings (SSSR count). The van der Waals surface area contributed by atoms with Gasteiger partial charge in [-0.15, -0.1) is 0 Å². The summed E-state index contributed by atoms with van der Waals surface area (Å²) >= 11 is 3.56. The minimum Gasteiger partial charge on any atom is -0.497 e. The molecule has 1 unspecified atom stereocenters. The van der Waals surface area contributed by atoms with Gasteiger partial charge in [-0.05, 0) is 43.1 Å². The van der Waals surface area contributed by atoms with E-state index in [0.29, 0.717) is 0 Å². The molecule has 1 heterocycles. The lowest BCUT2D eigenvalue weighted by Crippen LogP contribution is -2.41. The summed E-state index contributed by atoms with van der Waals surface area (Å²) in [5, 5.41) is 2.74. The van der Waals surface area contributed by atoms with Gasteiger partial charge in [-0.25, -0.2) is 0 Å². The smallest absolute Gasteiger partial charge is 0.237 e. The lowest BCUT2D eigenvalue weighted by Gasteiger charge is -2.23. The maximum atomic E-state index is 11.8. The van der Waals surface area contributed by atoms with Crippen LogP contribution in [0.4, 0.5) is 0 Å². The van der Waals surface area contributed by atoms with Crippen LogP contribution in [0.5, 0.6) is 5.75 Å². The Morgan fingerprint density at radius 2 is 2.37 bits per heavy atom. The minimum atomic E-state index is -0.0110. The number of rotatable bonds is 4. The molecule has 0 bridgehead atoms. The van der Waals surface area contributed by atoms with Gasteiger partial charge in [0.25, 0.3) is 0 Å². The Kier molecular flexibility index (Phi) is 4.82. The molecule has 0 saturated carbocycles. The van der Waals surface area contributed by atoms with E-state index in [1.807, 2.05) is 18.2 Å². The van der Waals surface area contributed by atoms with Gasteiger partial charge in [0.15, 0.2) is 0 Å². The fourth-order valence-electron chi connectivity index (χ4n) is 2.50. The number of methoxy groups -OCH3 is 1. The van der Waals surface area contributed by atoms with Crippen molar-refractivity contribution in [2.24, 2.45) is 0 Å². The number of likely N-dealkylation sites (N-methyl/N-ethyl adjacent to an activating group) is 1. The Hall–Kier alpha value is -1.07. The average Bonchev–Trinajstić information content (AvgIpc) is 2.88. The van der Waals surface area contributed by atoms with Gasteiger partial charge in [-0.1, -0.05) is 15.9 Å². The van der Waals surface area contributed by atoms with Crippen molar-refractivity contribution in [3.63, 3.8) is 0 Å². The molecular formula is C14H19BrN2O2. The van der Waals surface area contributed by atoms with Crippen LogP contribution in [-0.4, -0.2) is 37.6 Å². The van der Waals surface area contributed by atoms with E-state index in [9.17, 15) is 4.79 Å². The number of carbonyl (C=O) groups excluding carboxylic acids is 1. The molecule has 1 atom stereocenters. The second kappa shape index (κ2) is 6.39. The van der Waals surface area contributed by atoms with E-state index in [1.165, 1.54) is 0 Å². The van der Waals surface area contributed by atoms with Gasteiger partial charge in [0.05, 0.1) is 13.2 Å². The molecule has 1 saturated heterocycles. The third-order valence-electron chi connectivity index (χ3n) is 3.54. The van der Waals surface area contributed by atoms with Crippen molar-refractivity contribution in [3.05, 3.63) is 28.2 Å². The molecule has 0 radical (unpaired) electrons. The van der Waals surface area contributed by atoms with E-state index in [-0.39, 0.29) is 11.9 Å². The largest absolute Gasteiger partial charge is 0.497 e. The number of benzene rings is 1. The second-order valence-corrected chi connectivity index (χ2v) is 5.55. The molecule has 104 valence electrons. The van der Waals surface area contributed by atoms with E-state index in [1.54, 1.807) is 14.2 Å². The van der Waals surface area contributed by atoms with Crippen LogP contribution >= 0.6 is 15.9 Å². The molecule has 1 fully saturated rings. The van der Waals surface area contributed by atoms with Crippen LogP contribution in [0.3, 0.4) is 0 Å². The number of likely N-dealkylation sites (tertiary alicyclic amines) is 1. The van der Waals surface area contributed by atoms with Crippen molar-refractivity contribution in [3.8, 4) is 5.75 Å². The number of nitrogens with one attached hydrogen (secondary N) is 1. The van der Waals surface area contributed by atoms with Gasteiger partial charge >= 0.3 is 0 Å². The topological polar surface area (TPSA) is 41.6 Å². The highest BCUT2D eigenvalue weighted by Crippen LogP contribution is 2.27. The average molecular weight is 327 g/mol. The molecule has 1 aliphatic rings. The molecule has 1 aliphatic heterocycles. The van der Waals surface area contributed by atoms with E-state index in [0.717, 1.165) is 41.7 Å². The summed E-state index contributed by atoms with van der Waals surface area (Å²) in [6.45, 7) is 1.72. The Bertz CT molecular complexity index is 465. The predicted molar refractivity (Wildman–Crippen MR) is 78.2 cm³/mol. The van der Waals surface area contributed by atoms with Crippen molar-refractivity contribution >= 4 is 21.8 Å². The van der Waals surface area contributed by atoms with Crippen LogP contribution < -0.4 is 10.1 Å². The first kappa shape index (κ1) is 14.3. The number of amides is 1. The highest BCUT2D eigenvalue weighted by atomic mass is 79.9. The molecule has 1 aromatic rings. The summed E-state index contributed by atoms with van der Waals surface area (Å²) in [6, 6.07) is 5.92. The highest BCUT2D eigenvalue weighted by Gasteiger charge is 2.30. The summed E-state index contributed by atoms with van der Waals surface area (Å²) in [4.78, 5) is 14.1. The second-order valence-electron chi connectivity index (χ2n) is 4.70. The van der Waals surface area contributed by atoms with Crippen molar-refractivity contribution in [2.45, 2.75) is 25.4 Å². The molecule has 0 aromatic heterocycles. The van der Waals surface area contributed by atoms with Crippen molar-refractivity contribution in [1.82, 2.24) is 10.2 Å². The Morgan fingerprint density at radius 3 is 3.05 bits per heavy atom. The Balaban J connectivity index is 2.14. The monoisotopic (exact) mass is 326 g/mol. The first-order valence-corrected chi connectivity index (χ1v) is 7.23. The molecule has 1 N–H and O–H groups in total. The Labute approximate surface area is 122 Å². The summed E-state index contributed by atoms with van der Waals surface area (Å²) < 4.78 is 6.30. The van der Waals surface area contributed by atoms with Gasteiger partial charge < -0.3 is 10.1 Å². The maximum absolute atomic E-state index is 11.8. The van der Waals surface area contributed by atoms with Gasteiger partial charge in [-0.3, -0.25) is 9.69 Å². The van der Waals surface area contributed by atoms with Gasteiger partial charge in [0.2, 0.25) is 5.91 Å². The summed E-state index contributed by atoms with van der Waals surface area (Å²) in [6.07, 6.45) is 2.00. The van der Waals surface area contributed by atoms with E-state index >= 15 is 0 Å². The summed E-state index contributed by atoms with van der Waals surface area (Å²) in [5.41, 5.74) is 1.15. The van der Waals surface area contributed by atoms with Gasteiger partial charge in [0.1, 0.15) is 5.75 Å². The molecule has 1 aromatic carbocycles. The van der Waals surface area contributed by atoms with Crippen LogP contribution in [0, 0.1) is 0 Å².